The van der Waals surface area contributed by atoms with Crippen LogP contribution >= 0.6 is 0 Å². The summed E-state index contributed by atoms with van der Waals surface area (Å²) in [6.45, 7) is 5.30. The van der Waals surface area contributed by atoms with Crippen LogP contribution in [0.5, 0.6) is 0 Å². The van der Waals surface area contributed by atoms with Crippen molar-refractivity contribution < 1.29 is 18.3 Å². The van der Waals surface area contributed by atoms with Gasteiger partial charge in [0.05, 0.1) is 16.2 Å². The van der Waals surface area contributed by atoms with Gasteiger partial charge in [0.25, 0.3) is 0 Å². The third kappa shape index (κ3) is 3.30. The number of sulfone groups is 1. The smallest absolute Gasteiger partial charge is 0.337 e. The largest absolute Gasteiger partial charge is 0.478 e. The van der Waals surface area contributed by atoms with Gasteiger partial charge in [0, 0.05) is 0 Å². The molecule has 94 valence electrons. The second-order valence-corrected chi connectivity index (χ2v) is 6.48. The Bertz CT molecular complexity index is 529. The van der Waals surface area contributed by atoms with Gasteiger partial charge < -0.3 is 5.11 Å². The Kier molecular flexibility index (Phi) is 3.93. The number of aromatic carboxylic acids is 1. The maximum atomic E-state index is 12.0. The first-order valence-electron chi connectivity index (χ1n) is 5.30. The van der Waals surface area contributed by atoms with E-state index in [1.165, 1.54) is 12.1 Å². The van der Waals surface area contributed by atoms with Gasteiger partial charge in [-0.2, -0.15) is 0 Å². The van der Waals surface area contributed by atoms with Crippen molar-refractivity contribution in [1.29, 1.82) is 0 Å². The number of carbonyl (C=O) groups is 1. The fourth-order valence-electron chi connectivity index (χ4n) is 1.61. The van der Waals surface area contributed by atoms with E-state index >= 15 is 0 Å². The number of carboxylic acids is 1. The molecule has 0 aromatic heterocycles. The van der Waals surface area contributed by atoms with Gasteiger partial charge in [0.15, 0.2) is 9.84 Å². The topological polar surface area (TPSA) is 71.4 Å². The lowest BCUT2D eigenvalue weighted by Crippen LogP contribution is -2.15. The van der Waals surface area contributed by atoms with Crippen LogP contribution in [0.25, 0.3) is 0 Å². The van der Waals surface area contributed by atoms with Crippen LogP contribution < -0.4 is 0 Å². The maximum Gasteiger partial charge on any atom is 0.337 e. The van der Waals surface area contributed by atoms with Gasteiger partial charge in [-0.1, -0.05) is 25.5 Å². The van der Waals surface area contributed by atoms with Crippen molar-refractivity contribution in [3.05, 3.63) is 29.3 Å². The van der Waals surface area contributed by atoms with E-state index in [-0.39, 0.29) is 22.1 Å². The summed E-state index contributed by atoms with van der Waals surface area (Å²) < 4.78 is 24.0. The first-order chi connectivity index (χ1) is 7.74. The molecule has 1 aromatic rings. The molecule has 0 heterocycles. The van der Waals surface area contributed by atoms with E-state index in [0.29, 0.717) is 0 Å². The van der Waals surface area contributed by atoms with Crippen LogP contribution in [0.4, 0.5) is 0 Å². The molecule has 5 heteroatoms. The summed E-state index contributed by atoms with van der Waals surface area (Å²) in [6, 6.07) is 4.37. The van der Waals surface area contributed by atoms with Crippen LogP contribution in [0, 0.1) is 12.8 Å². The number of benzene rings is 1. The molecule has 0 aliphatic carbocycles. The van der Waals surface area contributed by atoms with Crippen LogP contribution in [0.1, 0.15) is 29.8 Å². The Morgan fingerprint density at radius 2 is 1.94 bits per heavy atom. The average molecular weight is 256 g/mol. The molecule has 1 aromatic carbocycles. The summed E-state index contributed by atoms with van der Waals surface area (Å²) in [4.78, 5) is 10.9. The molecule has 0 unspecified atom stereocenters. The third-order valence-corrected chi connectivity index (χ3v) is 4.38. The summed E-state index contributed by atoms with van der Waals surface area (Å²) in [7, 11) is -3.53. The molecule has 0 saturated carbocycles. The Morgan fingerprint density at radius 1 is 1.35 bits per heavy atom. The van der Waals surface area contributed by atoms with Crippen LogP contribution in [0.3, 0.4) is 0 Å². The van der Waals surface area contributed by atoms with Gasteiger partial charge in [0.1, 0.15) is 0 Å². The molecule has 0 aliphatic rings. The fourth-order valence-corrected chi connectivity index (χ4v) is 3.42. The maximum absolute atomic E-state index is 12.0. The van der Waals surface area contributed by atoms with Crippen molar-refractivity contribution in [2.75, 3.05) is 5.75 Å². The van der Waals surface area contributed by atoms with E-state index in [1.807, 2.05) is 0 Å². The number of hydrogen-bond donors (Lipinski definition) is 1. The molecule has 0 spiro atoms. The monoisotopic (exact) mass is 256 g/mol. The van der Waals surface area contributed by atoms with E-state index < -0.39 is 15.8 Å². The molecule has 1 N–H and O–H groups in total. The molecule has 0 fully saturated rings. The van der Waals surface area contributed by atoms with Gasteiger partial charge in [-0.25, -0.2) is 13.2 Å². The van der Waals surface area contributed by atoms with Crippen molar-refractivity contribution in [3.63, 3.8) is 0 Å². The van der Waals surface area contributed by atoms with Crippen molar-refractivity contribution in [3.8, 4) is 0 Å². The minimum Gasteiger partial charge on any atom is -0.478 e. The Balaban J connectivity index is 3.36. The Labute approximate surface area is 101 Å². The van der Waals surface area contributed by atoms with E-state index in [0.717, 1.165) is 5.56 Å². The highest BCUT2D eigenvalue weighted by Gasteiger charge is 2.23. The standard InChI is InChI=1S/C12H16O4S/c1-8(2)7-17(15,16)11-5-4-9(3)6-10(11)12(13)14/h4-6,8H,7H2,1-3H3,(H,13,14). The minimum atomic E-state index is -3.53. The van der Waals surface area contributed by atoms with Crippen molar-refractivity contribution in [2.24, 2.45) is 5.92 Å². The molecule has 4 nitrogen and oxygen atoms in total. The molecule has 0 saturated heterocycles. The van der Waals surface area contributed by atoms with E-state index in [1.54, 1.807) is 26.8 Å². The summed E-state index contributed by atoms with van der Waals surface area (Å²) >= 11 is 0. The fraction of sp³-hybridized carbons (Fsp3) is 0.417. The lowest BCUT2D eigenvalue weighted by atomic mass is 10.1. The van der Waals surface area contributed by atoms with E-state index in [9.17, 15) is 13.2 Å². The van der Waals surface area contributed by atoms with Gasteiger partial charge >= 0.3 is 5.97 Å². The minimum absolute atomic E-state index is 0.0389. The molecular weight excluding hydrogens is 240 g/mol. The SMILES string of the molecule is Cc1ccc(S(=O)(=O)CC(C)C)c(C(=O)O)c1. The van der Waals surface area contributed by atoms with Crippen LogP contribution in [-0.4, -0.2) is 25.2 Å². The Morgan fingerprint density at radius 3 is 2.41 bits per heavy atom. The van der Waals surface area contributed by atoms with Crippen LogP contribution in [0.15, 0.2) is 23.1 Å². The first-order valence-corrected chi connectivity index (χ1v) is 6.96. The lowest BCUT2D eigenvalue weighted by molar-refractivity contribution is 0.0692. The molecular formula is C12H16O4S. The first kappa shape index (κ1) is 13.7. The zero-order chi connectivity index (χ0) is 13.2. The van der Waals surface area contributed by atoms with E-state index in [2.05, 4.69) is 0 Å². The molecule has 17 heavy (non-hydrogen) atoms. The average Bonchev–Trinajstić information content (AvgIpc) is 2.14. The number of hydrogen-bond acceptors (Lipinski definition) is 3. The van der Waals surface area contributed by atoms with Crippen LogP contribution in [-0.2, 0) is 9.84 Å². The second-order valence-electron chi connectivity index (χ2n) is 4.48. The zero-order valence-electron chi connectivity index (χ0n) is 10.1. The van der Waals surface area contributed by atoms with Gasteiger partial charge in [-0.15, -0.1) is 0 Å². The predicted octanol–water partition coefficient (Wildman–Crippen LogP) is 2.12. The lowest BCUT2D eigenvalue weighted by Gasteiger charge is -2.10. The number of aryl methyl sites for hydroxylation is 1. The summed E-state index contributed by atoms with van der Waals surface area (Å²) in [6.07, 6.45) is 0. The normalized spacial score (nSPS) is 11.8. The van der Waals surface area contributed by atoms with Gasteiger partial charge in [0.2, 0.25) is 0 Å². The molecule has 0 amide bonds. The highest BCUT2D eigenvalue weighted by atomic mass is 32.2. The summed E-state index contributed by atoms with van der Waals surface area (Å²) in [5.74, 6) is -1.30. The van der Waals surface area contributed by atoms with Gasteiger partial charge in [-0.05, 0) is 25.0 Å². The zero-order valence-corrected chi connectivity index (χ0v) is 10.9. The summed E-state index contributed by atoms with van der Waals surface area (Å²) in [5.41, 5.74) is 0.580. The molecule has 0 radical (unpaired) electrons. The highest BCUT2D eigenvalue weighted by Crippen LogP contribution is 2.20. The third-order valence-electron chi connectivity index (χ3n) is 2.25. The summed E-state index contributed by atoms with van der Waals surface area (Å²) in [5, 5.41) is 9.02. The van der Waals surface area contributed by atoms with Crippen LogP contribution in [0.2, 0.25) is 0 Å². The molecule has 1 rings (SSSR count). The Hall–Kier alpha value is -1.36. The highest BCUT2D eigenvalue weighted by molar-refractivity contribution is 7.91. The quantitative estimate of drug-likeness (QED) is 0.895. The molecule has 0 aliphatic heterocycles. The van der Waals surface area contributed by atoms with Crippen molar-refractivity contribution in [1.82, 2.24) is 0 Å². The molecule has 0 atom stereocenters. The number of rotatable bonds is 4. The van der Waals surface area contributed by atoms with Crippen molar-refractivity contribution >= 4 is 15.8 Å². The molecule has 0 bridgehead atoms. The second kappa shape index (κ2) is 4.87. The van der Waals surface area contributed by atoms with Crippen molar-refractivity contribution in [2.45, 2.75) is 25.7 Å². The predicted molar refractivity (Wildman–Crippen MR) is 65.0 cm³/mol. The van der Waals surface area contributed by atoms with E-state index in [4.69, 9.17) is 5.11 Å². The van der Waals surface area contributed by atoms with Gasteiger partial charge in [-0.3, -0.25) is 0 Å². The number of carboxylic acid groups (broad SMARTS) is 1.